The maximum absolute atomic E-state index is 12.4. The van der Waals surface area contributed by atoms with E-state index in [9.17, 15) is 9.59 Å². The number of likely N-dealkylation sites (tertiary alicyclic amines) is 1. The van der Waals surface area contributed by atoms with E-state index < -0.39 is 11.7 Å². The van der Waals surface area contributed by atoms with Gasteiger partial charge in [-0.25, -0.2) is 9.28 Å². The van der Waals surface area contributed by atoms with Crippen molar-refractivity contribution in [3.05, 3.63) is 23.8 Å². The van der Waals surface area contributed by atoms with Crippen molar-refractivity contribution >= 4 is 38.9 Å². The SMILES string of the molecule is CC(C)(C)OC(=O)NCC(=O)N1CCC(C2=C3C=NC=C[N+]3(C)C(Br)=N2)CC1. The number of halogens is 1. The van der Waals surface area contributed by atoms with Crippen LogP contribution in [0.5, 0.6) is 0 Å². The van der Waals surface area contributed by atoms with Gasteiger partial charge in [0.1, 0.15) is 24.0 Å². The van der Waals surface area contributed by atoms with Crippen LogP contribution in [0.3, 0.4) is 0 Å². The molecule has 3 aliphatic heterocycles. The van der Waals surface area contributed by atoms with Crippen LogP contribution in [0.25, 0.3) is 0 Å². The van der Waals surface area contributed by atoms with Crippen LogP contribution in [0.1, 0.15) is 33.6 Å². The highest BCUT2D eigenvalue weighted by atomic mass is 79.9. The Bertz CT molecular complexity index is 788. The Balaban J connectivity index is 1.55. The number of quaternary nitrogens is 1. The lowest BCUT2D eigenvalue weighted by molar-refractivity contribution is -0.709. The van der Waals surface area contributed by atoms with Crippen molar-refractivity contribution in [2.24, 2.45) is 15.9 Å². The van der Waals surface area contributed by atoms with Crippen LogP contribution in [0, 0.1) is 5.92 Å². The summed E-state index contributed by atoms with van der Waals surface area (Å²) in [6, 6.07) is 0. The van der Waals surface area contributed by atoms with Gasteiger partial charge in [-0.2, -0.15) is 4.99 Å². The quantitative estimate of drug-likeness (QED) is 0.527. The molecule has 1 saturated heterocycles. The zero-order chi connectivity index (χ0) is 20.5. The van der Waals surface area contributed by atoms with E-state index in [1.165, 1.54) is 0 Å². The number of alkyl carbamates (subject to hydrolysis) is 1. The fourth-order valence-corrected chi connectivity index (χ4v) is 3.99. The normalized spacial score (nSPS) is 24.9. The molecule has 0 aromatic rings. The van der Waals surface area contributed by atoms with Crippen molar-refractivity contribution in [2.45, 2.75) is 39.2 Å². The number of aliphatic imine (C=N–C) groups is 2. The van der Waals surface area contributed by atoms with Gasteiger partial charge in [0.2, 0.25) is 5.91 Å². The second kappa shape index (κ2) is 7.79. The van der Waals surface area contributed by atoms with Crippen molar-refractivity contribution in [3.63, 3.8) is 0 Å². The van der Waals surface area contributed by atoms with Crippen LogP contribution in [-0.2, 0) is 9.53 Å². The molecule has 3 aliphatic rings. The molecule has 9 heteroatoms. The number of hydrogen-bond acceptors (Lipinski definition) is 5. The monoisotopic (exact) mass is 452 g/mol. The van der Waals surface area contributed by atoms with E-state index in [-0.39, 0.29) is 18.4 Å². The van der Waals surface area contributed by atoms with Crippen molar-refractivity contribution in [1.29, 1.82) is 0 Å². The third-order valence-corrected chi connectivity index (χ3v) is 5.94. The highest BCUT2D eigenvalue weighted by Crippen LogP contribution is 2.38. The highest BCUT2D eigenvalue weighted by molar-refractivity contribution is 9.18. The van der Waals surface area contributed by atoms with Gasteiger partial charge in [-0.05, 0) is 33.6 Å². The van der Waals surface area contributed by atoms with Gasteiger partial charge in [0.05, 0.1) is 19.5 Å². The van der Waals surface area contributed by atoms with Gasteiger partial charge in [-0.3, -0.25) is 9.79 Å². The van der Waals surface area contributed by atoms with Crippen LogP contribution < -0.4 is 5.32 Å². The van der Waals surface area contributed by atoms with E-state index in [2.05, 4.69) is 33.3 Å². The number of carbonyl (C=O) groups excluding carboxylic acids is 2. The number of nitrogens with zero attached hydrogens (tertiary/aromatic N) is 4. The first kappa shape index (κ1) is 20.7. The third-order valence-electron chi connectivity index (χ3n) is 5.02. The number of rotatable bonds is 3. The summed E-state index contributed by atoms with van der Waals surface area (Å²) in [5.41, 5.74) is 1.54. The minimum absolute atomic E-state index is 0.0519. The van der Waals surface area contributed by atoms with Gasteiger partial charge >= 0.3 is 6.09 Å². The smallest absolute Gasteiger partial charge is 0.408 e. The van der Waals surface area contributed by atoms with Gasteiger partial charge in [0, 0.05) is 34.9 Å². The topological polar surface area (TPSA) is 83.4 Å². The first-order valence-corrected chi connectivity index (χ1v) is 10.2. The molecule has 3 heterocycles. The minimum Gasteiger partial charge on any atom is -0.444 e. The number of allylic oxidation sites excluding steroid dienone is 2. The van der Waals surface area contributed by atoms with Crippen molar-refractivity contribution in [2.75, 3.05) is 26.7 Å². The Morgan fingerprint density at radius 3 is 2.68 bits per heavy atom. The maximum Gasteiger partial charge on any atom is 0.408 e. The lowest BCUT2D eigenvalue weighted by Crippen LogP contribution is -2.45. The summed E-state index contributed by atoms with van der Waals surface area (Å²) >= 11 is 3.58. The zero-order valence-electron chi connectivity index (χ0n) is 16.7. The van der Waals surface area contributed by atoms with E-state index in [1.807, 2.05) is 12.4 Å². The van der Waals surface area contributed by atoms with Gasteiger partial charge in [0.25, 0.3) is 4.74 Å². The molecule has 1 atom stereocenters. The highest BCUT2D eigenvalue weighted by Gasteiger charge is 2.43. The van der Waals surface area contributed by atoms with E-state index in [0.29, 0.717) is 17.6 Å². The predicted molar refractivity (Wildman–Crippen MR) is 111 cm³/mol. The Morgan fingerprint density at radius 1 is 1.36 bits per heavy atom. The Hall–Kier alpha value is -2.00. The molecule has 3 rings (SSSR count). The maximum atomic E-state index is 12.4. The van der Waals surface area contributed by atoms with Crippen molar-refractivity contribution in [3.8, 4) is 0 Å². The molecule has 2 amide bonds. The number of carbonyl (C=O) groups is 2. The molecular formula is C19H27BrN5O3+. The first-order chi connectivity index (χ1) is 13.1. The van der Waals surface area contributed by atoms with Crippen LogP contribution in [0.2, 0.25) is 0 Å². The largest absolute Gasteiger partial charge is 0.444 e. The molecule has 152 valence electrons. The van der Waals surface area contributed by atoms with Crippen molar-refractivity contribution < 1.29 is 18.8 Å². The minimum atomic E-state index is -0.582. The van der Waals surface area contributed by atoms with Gasteiger partial charge in [0.15, 0.2) is 5.70 Å². The molecule has 8 nitrogen and oxygen atoms in total. The van der Waals surface area contributed by atoms with Gasteiger partial charge < -0.3 is 15.0 Å². The fraction of sp³-hybridized carbons (Fsp3) is 0.579. The van der Waals surface area contributed by atoms with Crippen LogP contribution in [0.15, 0.2) is 33.8 Å². The molecule has 28 heavy (non-hydrogen) atoms. The second-order valence-electron chi connectivity index (χ2n) is 8.31. The molecule has 1 N–H and O–H groups in total. The lowest BCUT2D eigenvalue weighted by Gasteiger charge is -2.32. The van der Waals surface area contributed by atoms with Crippen LogP contribution in [-0.4, -0.2) is 64.6 Å². The third kappa shape index (κ3) is 4.35. The Morgan fingerprint density at radius 2 is 2.04 bits per heavy atom. The molecular weight excluding hydrogens is 426 g/mol. The molecule has 0 aromatic carbocycles. The van der Waals surface area contributed by atoms with Crippen LogP contribution >= 0.6 is 15.9 Å². The number of fused-ring (bicyclic) bond motifs is 1. The number of ether oxygens (including phenoxy) is 1. The number of hydrogen-bond donors (Lipinski definition) is 1. The first-order valence-electron chi connectivity index (χ1n) is 9.41. The summed E-state index contributed by atoms with van der Waals surface area (Å²) in [6.07, 6.45) is 6.74. The molecule has 0 aromatic heterocycles. The molecule has 1 fully saturated rings. The molecule has 0 bridgehead atoms. The standard InChI is InChI=1S/C19H26BrN5O3/c1-19(2,3)28-18(27)22-12-15(26)24-8-5-13(6-9-24)16-14-11-21-7-10-25(14,4)17(20)23-16/h7,10-11,13H,5-6,8-9,12H2,1-4H3/p+1. The zero-order valence-corrected chi connectivity index (χ0v) is 18.3. The van der Waals surface area contributed by atoms with Crippen molar-refractivity contribution in [1.82, 2.24) is 10.2 Å². The predicted octanol–water partition coefficient (Wildman–Crippen LogP) is 2.73. The number of amidine groups is 1. The summed E-state index contributed by atoms with van der Waals surface area (Å²) in [5.74, 6) is 0.184. The van der Waals surface area contributed by atoms with Crippen LogP contribution in [0.4, 0.5) is 4.79 Å². The molecule has 0 aliphatic carbocycles. The van der Waals surface area contributed by atoms with E-state index in [1.54, 1.807) is 31.9 Å². The summed E-state index contributed by atoms with van der Waals surface area (Å²) in [4.78, 5) is 34.9. The average Bonchev–Trinajstić information content (AvgIpc) is 2.90. The number of amides is 2. The summed E-state index contributed by atoms with van der Waals surface area (Å²) < 4.78 is 6.51. The molecule has 0 spiro atoms. The second-order valence-corrected chi connectivity index (χ2v) is 9.02. The molecule has 0 radical (unpaired) electrons. The molecule has 0 saturated carbocycles. The lowest BCUT2D eigenvalue weighted by atomic mass is 9.92. The van der Waals surface area contributed by atoms with E-state index in [4.69, 9.17) is 9.73 Å². The summed E-state index contributed by atoms with van der Waals surface area (Å²) in [5, 5.41) is 2.53. The van der Waals surface area contributed by atoms with E-state index >= 15 is 0 Å². The Labute approximate surface area is 173 Å². The Kier molecular flexibility index (Phi) is 5.77. The van der Waals surface area contributed by atoms with Gasteiger partial charge in [-0.1, -0.05) is 0 Å². The number of nitrogens with one attached hydrogen (secondary N) is 1. The summed E-state index contributed by atoms with van der Waals surface area (Å²) in [7, 11) is 2.07. The molecule has 1 unspecified atom stereocenters. The summed E-state index contributed by atoms with van der Waals surface area (Å²) in [6.45, 7) is 6.59. The fourth-order valence-electron chi connectivity index (χ4n) is 3.49. The average molecular weight is 453 g/mol. The van der Waals surface area contributed by atoms with Gasteiger partial charge in [-0.15, -0.1) is 0 Å². The van der Waals surface area contributed by atoms with E-state index in [0.717, 1.165) is 29.0 Å². The number of piperidine rings is 1.